The molecule has 1 aliphatic carbocycles. The van der Waals surface area contributed by atoms with Gasteiger partial charge < -0.3 is 19.9 Å². The Kier molecular flexibility index (Phi) is 7.00. The van der Waals surface area contributed by atoms with E-state index in [9.17, 15) is 5.11 Å². The van der Waals surface area contributed by atoms with Gasteiger partial charge in [-0.05, 0) is 61.9 Å². The Hall–Kier alpha value is -1.26. The van der Waals surface area contributed by atoms with Crippen molar-refractivity contribution in [1.29, 1.82) is 0 Å². The number of ether oxygens (including phenoxy) is 2. The van der Waals surface area contributed by atoms with Crippen molar-refractivity contribution in [3.05, 3.63) is 23.8 Å². The molecule has 2 rings (SSSR count). The van der Waals surface area contributed by atoms with E-state index in [-0.39, 0.29) is 0 Å². The Balaban J connectivity index is 1.76. The lowest BCUT2D eigenvalue weighted by Gasteiger charge is -2.30. The van der Waals surface area contributed by atoms with Crippen LogP contribution in [-0.2, 0) is 6.42 Å². The third-order valence-corrected chi connectivity index (χ3v) is 4.75. The minimum atomic E-state index is 0.335. The van der Waals surface area contributed by atoms with Crippen LogP contribution in [0.5, 0.6) is 11.5 Å². The second-order valence-electron chi connectivity index (χ2n) is 6.13. The molecule has 0 spiro atoms. The first kappa shape index (κ1) is 17.1. The Morgan fingerprint density at radius 3 is 2.50 bits per heavy atom. The lowest BCUT2D eigenvalue weighted by atomic mass is 9.79. The first-order valence-corrected chi connectivity index (χ1v) is 8.31. The van der Waals surface area contributed by atoms with Crippen molar-refractivity contribution >= 4 is 0 Å². The van der Waals surface area contributed by atoms with Crippen molar-refractivity contribution in [3.8, 4) is 11.5 Å². The van der Waals surface area contributed by atoms with Crippen LogP contribution in [0.15, 0.2) is 18.2 Å². The van der Waals surface area contributed by atoms with E-state index in [0.29, 0.717) is 18.4 Å². The lowest BCUT2D eigenvalue weighted by Crippen LogP contribution is -2.33. The number of rotatable bonds is 8. The van der Waals surface area contributed by atoms with Gasteiger partial charge in [0.25, 0.3) is 0 Å². The molecule has 2 unspecified atom stereocenters. The topological polar surface area (TPSA) is 50.7 Å². The number of aliphatic hydroxyl groups is 1. The van der Waals surface area contributed by atoms with E-state index >= 15 is 0 Å². The summed E-state index contributed by atoms with van der Waals surface area (Å²) in [6.07, 6.45) is 5.97. The van der Waals surface area contributed by atoms with Crippen LogP contribution < -0.4 is 14.8 Å². The number of benzene rings is 1. The molecular weight excluding hydrogens is 278 g/mol. The van der Waals surface area contributed by atoms with E-state index in [4.69, 9.17) is 9.47 Å². The summed E-state index contributed by atoms with van der Waals surface area (Å²) < 4.78 is 10.6. The zero-order chi connectivity index (χ0) is 15.8. The molecule has 22 heavy (non-hydrogen) atoms. The molecule has 0 saturated heterocycles. The molecule has 4 heteroatoms. The third-order valence-electron chi connectivity index (χ3n) is 4.75. The summed E-state index contributed by atoms with van der Waals surface area (Å²) in [6, 6.07) is 6.08. The number of aliphatic hydroxyl groups excluding tert-OH is 1. The molecule has 1 aliphatic rings. The zero-order valence-electron chi connectivity index (χ0n) is 13.8. The van der Waals surface area contributed by atoms with Crippen molar-refractivity contribution < 1.29 is 14.6 Å². The molecule has 0 amide bonds. The Bertz CT molecular complexity index is 450. The molecule has 0 aromatic heterocycles. The largest absolute Gasteiger partial charge is 0.493 e. The average Bonchev–Trinajstić information content (AvgIpc) is 2.58. The van der Waals surface area contributed by atoms with Crippen LogP contribution in [0.1, 0.15) is 31.2 Å². The fourth-order valence-electron chi connectivity index (χ4n) is 3.35. The minimum absolute atomic E-state index is 0.335. The van der Waals surface area contributed by atoms with Crippen LogP contribution in [0.3, 0.4) is 0 Å². The molecule has 0 heterocycles. The van der Waals surface area contributed by atoms with Crippen LogP contribution in [0, 0.1) is 11.8 Å². The van der Waals surface area contributed by atoms with Crippen LogP contribution in [-0.4, -0.2) is 39.0 Å². The van der Waals surface area contributed by atoms with Gasteiger partial charge in [0.2, 0.25) is 0 Å². The van der Waals surface area contributed by atoms with E-state index in [1.165, 1.54) is 31.2 Å². The van der Waals surface area contributed by atoms with E-state index in [1.54, 1.807) is 14.2 Å². The van der Waals surface area contributed by atoms with Gasteiger partial charge in [0.15, 0.2) is 11.5 Å². The maximum atomic E-state index is 9.45. The van der Waals surface area contributed by atoms with Gasteiger partial charge in [0, 0.05) is 6.61 Å². The number of nitrogens with one attached hydrogen (secondary N) is 1. The van der Waals surface area contributed by atoms with Gasteiger partial charge in [-0.3, -0.25) is 0 Å². The summed E-state index contributed by atoms with van der Waals surface area (Å²) in [5, 5.41) is 13.0. The van der Waals surface area contributed by atoms with Crippen LogP contribution >= 0.6 is 0 Å². The summed E-state index contributed by atoms with van der Waals surface area (Å²) in [4.78, 5) is 0. The summed E-state index contributed by atoms with van der Waals surface area (Å²) in [7, 11) is 3.32. The Morgan fingerprint density at radius 2 is 1.82 bits per heavy atom. The highest BCUT2D eigenvalue weighted by Crippen LogP contribution is 2.29. The fraction of sp³-hybridized carbons (Fsp3) is 0.667. The Labute approximate surface area is 133 Å². The highest BCUT2D eigenvalue weighted by molar-refractivity contribution is 5.42. The number of methoxy groups -OCH3 is 2. The van der Waals surface area contributed by atoms with Gasteiger partial charge in [0.05, 0.1) is 14.2 Å². The van der Waals surface area contributed by atoms with Crippen molar-refractivity contribution in [3.63, 3.8) is 0 Å². The third kappa shape index (κ3) is 4.62. The summed E-state index contributed by atoms with van der Waals surface area (Å²) >= 11 is 0. The summed E-state index contributed by atoms with van der Waals surface area (Å²) in [5.74, 6) is 2.67. The molecule has 0 aliphatic heterocycles. The highest BCUT2D eigenvalue weighted by atomic mass is 16.5. The van der Waals surface area contributed by atoms with E-state index < -0.39 is 0 Å². The van der Waals surface area contributed by atoms with E-state index in [1.807, 2.05) is 12.1 Å². The van der Waals surface area contributed by atoms with Crippen molar-refractivity contribution in [1.82, 2.24) is 5.32 Å². The molecule has 2 N–H and O–H groups in total. The highest BCUT2D eigenvalue weighted by Gasteiger charge is 2.23. The molecule has 4 nitrogen and oxygen atoms in total. The standard InChI is InChI=1S/C18H29NO3/c1-21-17-8-7-14(11-18(17)22-2)9-10-19-12-15-5-3-4-6-16(15)13-20/h7-8,11,15-16,19-20H,3-6,9-10,12-13H2,1-2H3. The molecule has 124 valence electrons. The van der Waals surface area contributed by atoms with Gasteiger partial charge in [0.1, 0.15) is 0 Å². The molecule has 1 aromatic rings. The quantitative estimate of drug-likeness (QED) is 0.725. The minimum Gasteiger partial charge on any atom is -0.493 e. The number of hydrogen-bond acceptors (Lipinski definition) is 4. The fourth-order valence-corrected chi connectivity index (χ4v) is 3.35. The Morgan fingerprint density at radius 1 is 1.09 bits per heavy atom. The van der Waals surface area contributed by atoms with Gasteiger partial charge in [-0.2, -0.15) is 0 Å². The van der Waals surface area contributed by atoms with Gasteiger partial charge in [-0.15, -0.1) is 0 Å². The molecule has 1 saturated carbocycles. The molecule has 0 radical (unpaired) electrons. The summed E-state index contributed by atoms with van der Waals surface area (Å²) in [6.45, 7) is 2.30. The van der Waals surface area contributed by atoms with Gasteiger partial charge >= 0.3 is 0 Å². The van der Waals surface area contributed by atoms with Crippen LogP contribution in [0.2, 0.25) is 0 Å². The second kappa shape index (κ2) is 9.01. The van der Waals surface area contributed by atoms with Crippen LogP contribution in [0.25, 0.3) is 0 Å². The predicted molar refractivity (Wildman–Crippen MR) is 88.7 cm³/mol. The molecule has 0 bridgehead atoms. The van der Waals surface area contributed by atoms with E-state index in [0.717, 1.165) is 31.0 Å². The van der Waals surface area contributed by atoms with Crippen molar-refractivity contribution in [2.24, 2.45) is 11.8 Å². The zero-order valence-corrected chi connectivity index (χ0v) is 13.8. The number of hydrogen-bond donors (Lipinski definition) is 2. The SMILES string of the molecule is COc1ccc(CCNCC2CCCCC2CO)cc1OC. The lowest BCUT2D eigenvalue weighted by molar-refractivity contribution is 0.133. The second-order valence-corrected chi connectivity index (χ2v) is 6.13. The molecular formula is C18H29NO3. The molecule has 2 atom stereocenters. The monoisotopic (exact) mass is 307 g/mol. The van der Waals surface area contributed by atoms with Crippen molar-refractivity contribution in [2.75, 3.05) is 33.9 Å². The predicted octanol–water partition coefficient (Wildman–Crippen LogP) is 2.63. The van der Waals surface area contributed by atoms with Crippen LogP contribution in [0.4, 0.5) is 0 Å². The molecule has 1 fully saturated rings. The van der Waals surface area contributed by atoms with Gasteiger partial charge in [-0.25, -0.2) is 0 Å². The first-order chi connectivity index (χ1) is 10.8. The average molecular weight is 307 g/mol. The smallest absolute Gasteiger partial charge is 0.160 e. The maximum Gasteiger partial charge on any atom is 0.160 e. The normalized spacial score (nSPS) is 21.6. The first-order valence-electron chi connectivity index (χ1n) is 8.31. The van der Waals surface area contributed by atoms with Gasteiger partial charge in [-0.1, -0.05) is 18.9 Å². The molecule has 1 aromatic carbocycles. The maximum absolute atomic E-state index is 9.45. The van der Waals surface area contributed by atoms with Crippen molar-refractivity contribution in [2.45, 2.75) is 32.1 Å². The summed E-state index contributed by atoms with van der Waals surface area (Å²) in [5.41, 5.74) is 1.24. The van der Waals surface area contributed by atoms with E-state index in [2.05, 4.69) is 11.4 Å².